The van der Waals surface area contributed by atoms with Crippen LogP contribution in [0.15, 0.2) is 47.6 Å². The maximum Gasteiger partial charge on any atom is -0.0194 e. The van der Waals surface area contributed by atoms with Gasteiger partial charge < -0.3 is 0 Å². The second kappa shape index (κ2) is 10.8. The van der Waals surface area contributed by atoms with Crippen molar-refractivity contribution >= 4 is 0 Å². The predicted octanol–water partition coefficient (Wildman–Crippen LogP) is 7.93. The van der Waals surface area contributed by atoms with E-state index >= 15 is 0 Å². The lowest BCUT2D eigenvalue weighted by atomic mass is 9.88. The van der Waals surface area contributed by atoms with E-state index in [1.54, 1.807) is 11.1 Å². The zero-order valence-electron chi connectivity index (χ0n) is 17.9. The van der Waals surface area contributed by atoms with Crippen LogP contribution in [0.5, 0.6) is 0 Å². The second-order valence-electron chi connectivity index (χ2n) is 8.60. The molecule has 0 aliphatic heterocycles. The van der Waals surface area contributed by atoms with Gasteiger partial charge in [-0.05, 0) is 79.4 Å². The SMILES string of the molecule is CCc1cccc(CCCCC(C)C2=CC[C@@H](C)CC([C@@H](C)CC)=C2)c1. The zero-order valence-corrected chi connectivity index (χ0v) is 17.9. The zero-order chi connectivity index (χ0) is 18.9. The molecule has 3 atom stereocenters. The molecule has 0 spiro atoms. The predicted molar refractivity (Wildman–Crippen MR) is 117 cm³/mol. The number of rotatable bonds is 9. The van der Waals surface area contributed by atoms with Crippen molar-refractivity contribution in [3.63, 3.8) is 0 Å². The van der Waals surface area contributed by atoms with Gasteiger partial charge in [-0.2, -0.15) is 0 Å². The van der Waals surface area contributed by atoms with Gasteiger partial charge in [0, 0.05) is 0 Å². The molecule has 0 saturated heterocycles. The summed E-state index contributed by atoms with van der Waals surface area (Å²) in [6.07, 6.45) is 15.2. The summed E-state index contributed by atoms with van der Waals surface area (Å²) >= 11 is 0. The molecule has 26 heavy (non-hydrogen) atoms. The third-order valence-corrected chi connectivity index (χ3v) is 6.26. The quantitative estimate of drug-likeness (QED) is 0.396. The van der Waals surface area contributed by atoms with E-state index in [-0.39, 0.29) is 0 Å². The van der Waals surface area contributed by atoms with Crippen LogP contribution in [-0.2, 0) is 12.8 Å². The Morgan fingerprint density at radius 3 is 2.54 bits per heavy atom. The van der Waals surface area contributed by atoms with Crippen molar-refractivity contribution < 1.29 is 0 Å². The van der Waals surface area contributed by atoms with Crippen molar-refractivity contribution in [2.75, 3.05) is 0 Å². The molecule has 1 aromatic rings. The highest BCUT2D eigenvalue weighted by Gasteiger charge is 2.17. The van der Waals surface area contributed by atoms with E-state index in [4.69, 9.17) is 0 Å². The smallest absolute Gasteiger partial charge is 0.0194 e. The van der Waals surface area contributed by atoms with Gasteiger partial charge >= 0.3 is 0 Å². The summed E-state index contributed by atoms with van der Waals surface area (Å²) in [5, 5.41) is 0. The van der Waals surface area contributed by atoms with Crippen molar-refractivity contribution in [2.45, 2.75) is 86.0 Å². The van der Waals surface area contributed by atoms with Crippen molar-refractivity contribution in [1.29, 1.82) is 0 Å². The molecule has 2 rings (SSSR count). The first-order chi connectivity index (χ1) is 12.5. The van der Waals surface area contributed by atoms with Crippen LogP contribution in [0, 0.1) is 17.8 Å². The van der Waals surface area contributed by atoms with Crippen LogP contribution in [-0.4, -0.2) is 0 Å². The van der Waals surface area contributed by atoms with Crippen LogP contribution in [0.2, 0.25) is 0 Å². The number of allylic oxidation sites excluding steroid dienone is 4. The average Bonchev–Trinajstić information content (AvgIpc) is 2.86. The Hall–Kier alpha value is -1.30. The fourth-order valence-electron chi connectivity index (χ4n) is 4.06. The standard InChI is InChI=1S/C26H40/c1-6-21(4)26-17-20(3)15-16-25(19-26)22(5)11-8-9-12-24-14-10-13-23(7-2)18-24/h10,13-14,16,18-22H,6-9,11-12,15,17H2,1-5H3/t20-,21+,22?/m1/s1. The third kappa shape index (κ3) is 6.45. The molecule has 0 aromatic heterocycles. The van der Waals surface area contributed by atoms with Crippen molar-refractivity contribution in [3.8, 4) is 0 Å². The van der Waals surface area contributed by atoms with E-state index in [1.807, 2.05) is 0 Å². The van der Waals surface area contributed by atoms with Gasteiger partial charge in [-0.25, -0.2) is 0 Å². The summed E-state index contributed by atoms with van der Waals surface area (Å²) in [4.78, 5) is 0. The highest BCUT2D eigenvalue weighted by atomic mass is 14.2. The van der Waals surface area contributed by atoms with E-state index in [2.05, 4.69) is 71.0 Å². The van der Waals surface area contributed by atoms with Crippen molar-refractivity contribution in [2.24, 2.45) is 17.8 Å². The largest absolute Gasteiger partial charge is 0.0808 e. The molecule has 0 saturated carbocycles. The molecule has 144 valence electrons. The lowest BCUT2D eigenvalue weighted by molar-refractivity contribution is 0.530. The van der Waals surface area contributed by atoms with Gasteiger partial charge in [-0.1, -0.05) is 83.0 Å². The summed E-state index contributed by atoms with van der Waals surface area (Å²) in [5.74, 6) is 2.23. The molecule has 0 nitrogen and oxygen atoms in total. The molecule has 0 radical (unpaired) electrons. The van der Waals surface area contributed by atoms with Crippen LogP contribution in [0.3, 0.4) is 0 Å². The van der Waals surface area contributed by atoms with Crippen molar-refractivity contribution in [3.05, 3.63) is 58.7 Å². The maximum absolute atomic E-state index is 2.56. The van der Waals surface area contributed by atoms with Gasteiger partial charge in [-0.15, -0.1) is 0 Å². The summed E-state index contributed by atoms with van der Waals surface area (Å²) in [6.45, 7) is 11.8. The Kier molecular flexibility index (Phi) is 8.69. The molecule has 1 aliphatic carbocycles. The molecule has 1 unspecified atom stereocenters. The van der Waals surface area contributed by atoms with E-state index in [9.17, 15) is 0 Å². The normalized spacial score (nSPS) is 20.1. The fourth-order valence-corrected chi connectivity index (χ4v) is 4.06. The minimum absolute atomic E-state index is 0.696. The minimum atomic E-state index is 0.696. The van der Waals surface area contributed by atoms with E-state index in [0.717, 1.165) is 18.3 Å². The lowest BCUT2D eigenvalue weighted by Crippen LogP contribution is -2.03. The number of unbranched alkanes of at least 4 members (excludes halogenated alkanes) is 1. The van der Waals surface area contributed by atoms with Crippen LogP contribution in [0.25, 0.3) is 0 Å². The number of aryl methyl sites for hydroxylation is 2. The Balaban J connectivity index is 1.86. The molecular formula is C26H40. The molecule has 0 bridgehead atoms. The van der Waals surface area contributed by atoms with Gasteiger partial charge in [0.25, 0.3) is 0 Å². The monoisotopic (exact) mass is 352 g/mol. The highest BCUT2D eigenvalue weighted by Crippen LogP contribution is 2.32. The number of benzene rings is 1. The van der Waals surface area contributed by atoms with Crippen LogP contribution < -0.4 is 0 Å². The highest BCUT2D eigenvalue weighted by molar-refractivity contribution is 5.29. The third-order valence-electron chi connectivity index (χ3n) is 6.26. The van der Waals surface area contributed by atoms with Gasteiger partial charge in [0.1, 0.15) is 0 Å². The van der Waals surface area contributed by atoms with E-state index in [1.165, 1.54) is 56.1 Å². The van der Waals surface area contributed by atoms with Crippen LogP contribution >= 0.6 is 0 Å². The topological polar surface area (TPSA) is 0 Å². The molecule has 0 amide bonds. The minimum Gasteiger partial charge on any atom is -0.0808 e. The molecule has 0 heterocycles. The van der Waals surface area contributed by atoms with Gasteiger partial charge in [0.05, 0.1) is 0 Å². The van der Waals surface area contributed by atoms with Crippen LogP contribution in [0.1, 0.15) is 84.3 Å². The van der Waals surface area contributed by atoms with Gasteiger partial charge in [0.2, 0.25) is 0 Å². The molecule has 0 N–H and O–H groups in total. The lowest BCUT2D eigenvalue weighted by Gasteiger charge is -2.18. The molecule has 0 heteroatoms. The fraction of sp³-hybridized carbons (Fsp3) is 0.615. The summed E-state index contributed by atoms with van der Waals surface area (Å²) in [7, 11) is 0. The molecule has 1 aromatic carbocycles. The summed E-state index contributed by atoms with van der Waals surface area (Å²) < 4.78 is 0. The van der Waals surface area contributed by atoms with E-state index < -0.39 is 0 Å². The van der Waals surface area contributed by atoms with Gasteiger partial charge in [0.15, 0.2) is 0 Å². The second-order valence-corrected chi connectivity index (χ2v) is 8.60. The Bertz CT molecular complexity index is 604. The number of hydrogen-bond donors (Lipinski definition) is 0. The summed E-state index contributed by atoms with van der Waals surface area (Å²) in [6, 6.07) is 9.14. The first-order valence-corrected chi connectivity index (χ1v) is 11.0. The summed E-state index contributed by atoms with van der Waals surface area (Å²) in [5.41, 5.74) is 6.28. The molecule has 1 aliphatic rings. The molecular weight excluding hydrogens is 312 g/mol. The van der Waals surface area contributed by atoms with Crippen molar-refractivity contribution in [1.82, 2.24) is 0 Å². The first kappa shape index (κ1) is 21.0. The maximum atomic E-state index is 2.56. The number of hydrogen-bond acceptors (Lipinski definition) is 0. The average molecular weight is 353 g/mol. The van der Waals surface area contributed by atoms with Gasteiger partial charge in [-0.3, -0.25) is 0 Å². The Morgan fingerprint density at radius 1 is 1.04 bits per heavy atom. The van der Waals surface area contributed by atoms with E-state index in [0.29, 0.717) is 5.92 Å². The Morgan fingerprint density at radius 2 is 1.81 bits per heavy atom. The molecule has 0 fully saturated rings. The Labute approximate surface area is 162 Å². The van der Waals surface area contributed by atoms with Crippen LogP contribution in [0.4, 0.5) is 0 Å². The first-order valence-electron chi connectivity index (χ1n) is 11.0.